The van der Waals surface area contributed by atoms with Crippen LogP contribution in [0.5, 0.6) is 5.75 Å². The fourth-order valence-corrected chi connectivity index (χ4v) is 5.71. The number of pyridine rings is 1. The number of carbonyl (C=O) groups excluding carboxylic acids is 1. The van der Waals surface area contributed by atoms with Crippen LogP contribution in [0, 0.1) is 5.92 Å². The van der Waals surface area contributed by atoms with E-state index in [4.69, 9.17) is 15.5 Å². The molecular weight excluding hydrogens is 460 g/mol. The summed E-state index contributed by atoms with van der Waals surface area (Å²) in [4.78, 5) is 25.8. The fraction of sp³-hybridized carbons (Fsp3) is 0.500. The normalized spacial score (nSPS) is 24.9. The topological polar surface area (TPSA) is 112 Å². The Morgan fingerprint density at radius 2 is 2.19 bits per heavy atom. The standard InChI is InChI=1S/C20H23F2N5O3S2/c1-18(2)6-11-8-32-17(23)27-20(11,10-29-18)16-26-14(9-31-16)25-15(28)13-5-4-12(7-24-13)30-19(3,21)22/h4-5,7,9,11H,6,8,10H2,1-3H3,(H2,23,27)(H,25,28)/t11?,20-/m1/s1. The van der Waals surface area contributed by atoms with E-state index in [9.17, 15) is 13.6 Å². The van der Waals surface area contributed by atoms with Gasteiger partial charge in [0.1, 0.15) is 27.8 Å². The van der Waals surface area contributed by atoms with E-state index in [-0.39, 0.29) is 23.0 Å². The van der Waals surface area contributed by atoms with Crippen LogP contribution in [-0.4, -0.2) is 45.1 Å². The Hall–Kier alpha value is -2.31. The molecule has 0 saturated carbocycles. The smallest absolute Gasteiger partial charge is 0.394 e. The van der Waals surface area contributed by atoms with Crippen LogP contribution in [-0.2, 0) is 10.3 Å². The van der Waals surface area contributed by atoms with E-state index >= 15 is 0 Å². The van der Waals surface area contributed by atoms with Crippen molar-refractivity contribution in [3.8, 4) is 5.75 Å². The molecule has 4 heterocycles. The third kappa shape index (κ3) is 4.86. The quantitative estimate of drug-likeness (QED) is 0.664. The molecule has 32 heavy (non-hydrogen) atoms. The Labute approximate surface area is 192 Å². The van der Waals surface area contributed by atoms with Gasteiger partial charge in [0.2, 0.25) is 0 Å². The van der Waals surface area contributed by atoms with Gasteiger partial charge in [0.05, 0.1) is 18.4 Å². The summed E-state index contributed by atoms with van der Waals surface area (Å²) in [7, 11) is 0. The number of aromatic nitrogens is 2. The van der Waals surface area contributed by atoms with E-state index in [0.717, 1.165) is 23.4 Å². The molecular formula is C20H23F2N5O3S2. The van der Waals surface area contributed by atoms with Crippen LogP contribution in [0.25, 0.3) is 0 Å². The van der Waals surface area contributed by atoms with Crippen LogP contribution < -0.4 is 15.8 Å². The first kappa shape index (κ1) is 22.9. The average Bonchev–Trinajstić information content (AvgIpc) is 3.16. The number of carbonyl (C=O) groups is 1. The van der Waals surface area contributed by atoms with Gasteiger partial charge in [0.25, 0.3) is 5.91 Å². The van der Waals surface area contributed by atoms with Gasteiger partial charge in [-0.1, -0.05) is 11.8 Å². The van der Waals surface area contributed by atoms with E-state index in [2.05, 4.69) is 33.9 Å². The van der Waals surface area contributed by atoms with Gasteiger partial charge in [0, 0.05) is 24.0 Å². The summed E-state index contributed by atoms with van der Waals surface area (Å²) in [5, 5.41) is 5.63. The molecule has 1 unspecified atom stereocenters. The number of rotatable bonds is 5. The first-order valence-corrected chi connectivity index (χ1v) is 11.7. The molecule has 2 atom stereocenters. The summed E-state index contributed by atoms with van der Waals surface area (Å²) in [6.07, 6.45) is -1.45. The van der Waals surface area contributed by atoms with Crippen molar-refractivity contribution in [2.75, 3.05) is 17.7 Å². The zero-order valence-electron chi connectivity index (χ0n) is 17.7. The molecule has 3 N–H and O–H groups in total. The van der Waals surface area contributed by atoms with Crippen LogP contribution >= 0.6 is 23.1 Å². The van der Waals surface area contributed by atoms with Crippen LogP contribution in [0.15, 0.2) is 28.7 Å². The monoisotopic (exact) mass is 483 g/mol. The Bertz CT molecular complexity index is 1040. The van der Waals surface area contributed by atoms with Gasteiger partial charge in [-0.05, 0) is 32.4 Å². The molecule has 2 aromatic heterocycles. The van der Waals surface area contributed by atoms with E-state index in [0.29, 0.717) is 24.5 Å². The number of nitrogens with two attached hydrogens (primary N) is 1. The number of hydrogen-bond donors (Lipinski definition) is 2. The number of aliphatic imine (C=N–C) groups is 1. The van der Waals surface area contributed by atoms with E-state index in [1.807, 2.05) is 0 Å². The highest BCUT2D eigenvalue weighted by Gasteiger charge is 2.52. The van der Waals surface area contributed by atoms with Crippen molar-refractivity contribution in [2.24, 2.45) is 16.6 Å². The van der Waals surface area contributed by atoms with Gasteiger partial charge in [-0.15, -0.1) is 11.3 Å². The number of amides is 1. The van der Waals surface area contributed by atoms with Gasteiger partial charge in [0.15, 0.2) is 5.17 Å². The molecule has 8 nitrogen and oxygen atoms in total. The van der Waals surface area contributed by atoms with Crippen molar-refractivity contribution < 1.29 is 23.0 Å². The molecule has 2 aliphatic rings. The number of fused-ring (bicyclic) bond motifs is 1. The average molecular weight is 484 g/mol. The van der Waals surface area contributed by atoms with Crippen molar-refractivity contribution >= 4 is 40.0 Å². The van der Waals surface area contributed by atoms with Gasteiger partial charge in [-0.3, -0.25) is 4.79 Å². The van der Waals surface area contributed by atoms with E-state index in [1.54, 1.807) is 5.38 Å². The highest BCUT2D eigenvalue weighted by atomic mass is 32.2. The van der Waals surface area contributed by atoms with E-state index < -0.39 is 17.6 Å². The lowest BCUT2D eigenvalue weighted by atomic mass is 9.77. The maximum atomic E-state index is 12.9. The second-order valence-corrected chi connectivity index (χ2v) is 10.3. The molecule has 1 saturated heterocycles. The molecule has 12 heteroatoms. The number of alkyl halides is 2. The Morgan fingerprint density at radius 3 is 2.88 bits per heavy atom. The molecule has 172 valence electrons. The maximum Gasteiger partial charge on any atom is 0.394 e. The van der Waals surface area contributed by atoms with Crippen LogP contribution in [0.3, 0.4) is 0 Å². The maximum absolute atomic E-state index is 12.9. The third-order valence-electron chi connectivity index (χ3n) is 5.22. The predicted molar refractivity (Wildman–Crippen MR) is 119 cm³/mol. The van der Waals surface area contributed by atoms with Crippen LogP contribution in [0.2, 0.25) is 0 Å². The summed E-state index contributed by atoms with van der Waals surface area (Å²) in [6, 6.07) is 2.56. The largest absolute Gasteiger partial charge is 0.431 e. The van der Waals surface area contributed by atoms with Gasteiger partial charge in [-0.25, -0.2) is 15.0 Å². The second kappa shape index (κ2) is 8.23. The van der Waals surface area contributed by atoms with Crippen molar-refractivity contribution in [2.45, 2.75) is 44.4 Å². The number of nitrogens with one attached hydrogen (secondary N) is 1. The Morgan fingerprint density at radius 1 is 1.41 bits per heavy atom. The number of thioether (sulfide) groups is 1. The summed E-state index contributed by atoms with van der Waals surface area (Å²) < 4.78 is 36.4. The molecule has 4 rings (SSSR count). The van der Waals surface area contributed by atoms with Crippen molar-refractivity contribution in [1.82, 2.24) is 9.97 Å². The summed E-state index contributed by atoms with van der Waals surface area (Å²) in [6.45, 7) is 5.10. The number of thiazole rings is 1. The molecule has 0 spiro atoms. The van der Waals surface area contributed by atoms with E-state index in [1.165, 1.54) is 35.2 Å². The second-order valence-electron chi connectivity index (χ2n) is 8.42. The lowest BCUT2D eigenvalue weighted by molar-refractivity contribution is -0.159. The van der Waals surface area contributed by atoms with Gasteiger partial charge < -0.3 is 20.5 Å². The van der Waals surface area contributed by atoms with Crippen molar-refractivity contribution in [3.63, 3.8) is 0 Å². The molecule has 2 aliphatic heterocycles. The van der Waals surface area contributed by atoms with Crippen molar-refractivity contribution in [1.29, 1.82) is 0 Å². The highest BCUT2D eigenvalue weighted by Crippen LogP contribution is 2.49. The minimum Gasteiger partial charge on any atom is -0.431 e. The molecule has 1 fully saturated rings. The lowest BCUT2D eigenvalue weighted by Crippen LogP contribution is -2.52. The zero-order valence-corrected chi connectivity index (χ0v) is 19.4. The van der Waals surface area contributed by atoms with Crippen LogP contribution in [0.4, 0.5) is 14.6 Å². The van der Waals surface area contributed by atoms with Gasteiger partial charge in [-0.2, -0.15) is 8.78 Å². The number of halogens is 2. The number of amidine groups is 1. The molecule has 0 aliphatic carbocycles. The van der Waals surface area contributed by atoms with Crippen molar-refractivity contribution in [3.05, 3.63) is 34.4 Å². The number of nitrogens with zero attached hydrogens (tertiary/aromatic N) is 3. The minimum atomic E-state index is -3.33. The summed E-state index contributed by atoms with van der Waals surface area (Å²) in [5.74, 6) is 0.708. The third-order valence-corrected chi connectivity index (χ3v) is 7.19. The Balaban J connectivity index is 1.51. The molecule has 2 aromatic rings. The Kier molecular flexibility index (Phi) is 5.88. The summed E-state index contributed by atoms with van der Waals surface area (Å²) >= 11 is 2.91. The first-order chi connectivity index (χ1) is 15.0. The predicted octanol–water partition coefficient (Wildman–Crippen LogP) is 3.85. The lowest BCUT2D eigenvalue weighted by Gasteiger charge is -2.47. The molecule has 0 bridgehead atoms. The minimum absolute atomic E-state index is 0.0430. The zero-order chi connectivity index (χ0) is 23.1. The van der Waals surface area contributed by atoms with Gasteiger partial charge >= 0.3 is 6.11 Å². The SMILES string of the molecule is CC(F)(F)Oc1ccc(C(=O)Nc2csc([C@@]34COC(C)(C)CC3CSC(N)=N4)n2)nc1. The molecule has 0 radical (unpaired) electrons. The van der Waals surface area contributed by atoms with Crippen LogP contribution in [0.1, 0.15) is 42.7 Å². The number of ether oxygens (including phenoxy) is 2. The fourth-order valence-electron chi connectivity index (χ4n) is 3.76. The number of hydrogen-bond acceptors (Lipinski definition) is 9. The number of anilines is 1. The molecule has 1 amide bonds. The molecule has 0 aromatic carbocycles. The first-order valence-electron chi connectivity index (χ1n) is 9.88. The highest BCUT2D eigenvalue weighted by molar-refractivity contribution is 8.13. The summed E-state index contributed by atoms with van der Waals surface area (Å²) in [5.41, 5.74) is 5.15.